The molecule has 0 spiro atoms. The van der Waals surface area contributed by atoms with Crippen LogP contribution in [0, 0.1) is 11.8 Å². The number of carbonyl (C=O) groups excluding carboxylic acids is 3. The molecule has 0 aromatic heterocycles. The summed E-state index contributed by atoms with van der Waals surface area (Å²) >= 11 is 0. The second-order valence-electron chi connectivity index (χ2n) is 7.13. The van der Waals surface area contributed by atoms with E-state index in [1.165, 1.54) is 12.0 Å². The van der Waals surface area contributed by atoms with E-state index in [2.05, 4.69) is 0 Å². The molecular formula is C22H21NO5. The van der Waals surface area contributed by atoms with Crippen molar-refractivity contribution in [2.75, 3.05) is 12.0 Å². The highest BCUT2D eigenvalue weighted by molar-refractivity contribution is 6.22. The Kier molecular flexibility index (Phi) is 4.86. The molecule has 0 radical (unpaired) electrons. The Morgan fingerprint density at radius 1 is 0.929 bits per heavy atom. The molecule has 28 heavy (non-hydrogen) atoms. The van der Waals surface area contributed by atoms with Gasteiger partial charge in [-0.15, -0.1) is 0 Å². The lowest BCUT2D eigenvalue weighted by Gasteiger charge is -2.19. The van der Waals surface area contributed by atoms with Gasteiger partial charge in [-0.25, -0.2) is 9.69 Å². The van der Waals surface area contributed by atoms with Gasteiger partial charge in [0.2, 0.25) is 11.8 Å². The molecule has 0 unspecified atom stereocenters. The fourth-order valence-corrected chi connectivity index (χ4v) is 4.02. The number of carbonyl (C=O) groups is 3. The number of hydrogen-bond acceptors (Lipinski definition) is 5. The van der Waals surface area contributed by atoms with Crippen LogP contribution in [0.25, 0.3) is 0 Å². The molecule has 1 heterocycles. The smallest absolute Gasteiger partial charge is 0.343 e. The van der Waals surface area contributed by atoms with Crippen LogP contribution in [0.4, 0.5) is 5.69 Å². The number of esters is 1. The van der Waals surface area contributed by atoms with Crippen LogP contribution in [0.1, 0.15) is 36.0 Å². The van der Waals surface area contributed by atoms with Gasteiger partial charge in [-0.1, -0.05) is 25.0 Å². The molecule has 1 aliphatic carbocycles. The van der Waals surface area contributed by atoms with Gasteiger partial charge in [0.15, 0.2) is 0 Å². The van der Waals surface area contributed by atoms with E-state index in [1.807, 2.05) is 0 Å². The summed E-state index contributed by atoms with van der Waals surface area (Å²) in [5.74, 6) is -0.436. The van der Waals surface area contributed by atoms with Gasteiger partial charge >= 0.3 is 5.97 Å². The van der Waals surface area contributed by atoms with Crippen molar-refractivity contribution in [3.63, 3.8) is 0 Å². The molecule has 1 aliphatic heterocycles. The molecule has 0 bridgehead atoms. The zero-order chi connectivity index (χ0) is 19.7. The van der Waals surface area contributed by atoms with Gasteiger partial charge < -0.3 is 9.47 Å². The molecule has 6 heteroatoms. The molecule has 1 saturated carbocycles. The molecule has 2 amide bonds. The quantitative estimate of drug-likeness (QED) is 0.461. The van der Waals surface area contributed by atoms with Crippen LogP contribution < -0.4 is 14.4 Å². The van der Waals surface area contributed by atoms with Crippen molar-refractivity contribution >= 4 is 23.5 Å². The highest BCUT2D eigenvalue weighted by atomic mass is 16.5. The second-order valence-corrected chi connectivity index (χ2v) is 7.13. The number of benzene rings is 2. The molecule has 2 aliphatic rings. The third kappa shape index (κ3) is 3.26. The van der Waals surface area contributed by atoms with E-state index < -0.39 is 5.97 Å². The minimum absolute atomic E-state index is 0.147. The Balaban J connectivity index is 1.55. The van der Waals surface area contributed by atoms with Crippen molar-refractivity contribution in [2.45, 2.75) is 25.7 Å². The number of nitrogens with zero attached hydrogens (tertiary/aromatic N) is 1. The Morgan fingerprint density at radius 2 is 1.57 bits per heavy atom. The van der Waals surface area contributed by atoms with Crippen LogP contribution in [-0.2, 0) is 9.59 Å². The van der Waals surface area contributed by atoms with Crippen molar-refractivity contribution in [1.29, 1.82) is 0 Å². The number of anilines is 1. The molecule has 2 atom stereocenters. The number of amides is 2. The normalized spacial score (nSPS) is 21.4. The Morgan fingerprint density at radius 3 is 2.25 bits per heavy atom. The summed E-state index contributed by atoms with van der Waals surface area (Å²) in [6, 6.07) is 13.2. The van der Waals surface area contributed by atoms with Crippen LogP contribution in [-0.4, -0.2) is 24.9 Å². The van der Waals surface area contributed by atoms with Crippen molar-refractivity contribution in [2.24, 2.45) is 11.8 Å². The first kappa shape index (κ1) is 18.2. The SMILES string of the molecule is COc1cccc(C(=O)Oc2cccc(N3C(=O)[C@H]4CCCC[C@@H]4C3=O)c2)c1. The summed E-state index contributed by atoms with van der Waals surface area (Å²) in [5, 5.41) is 0. The Hall–Kier alpha value is -3.15. The van der Waals surface area contributed by atoms with Crippen LogP contribution in [0.15, 0.2) is 48.5 Å². The van der Waals surface area contributed by atoms with Gasteiger partial charge in [0.25, 0.3) is 0 Å². The predicted molar refractivity (Wildman–Crippen MR) is 102 cm³/mol. The van der Waals surface area contributed by atoms with E-state index in [0.29, 0.717) is 17.0 Å². The zero-order valence-corrected chi connectivity index (χ0v) is 15.6. The van der Waals surface area contributed by atoms with Crippen LogP contribution in [0.3, 0.4) is 0 Å². The summed E-state index contributed by atoms with van der Waals surface area (Å²) in [6.45, 7) is 0. The molecule has 144 valence electrons. The van der Waals surface area contributed by atoms with E-state index in [4.69, 9.17) is 9.47 Å². The molecule has 2 fully saturated rings. The number of methoxy groups -OCH3 is 1. The fraction of sp³-hybridized carbons (Fsp3) is 0.318. The topological polar surface area (TPSA) is 72.9 Å². The highest BCUT2D eigenvalue weighted by Gasteiger charge is 2.48. The van der Waals surface area contributed by atoms with E-state index in [-0.39, 0.29) is 29.4 Å². The van der Waals surface area contributed by atoms with Gasteiger partial charge in [0.1, 0.15) is 11.5 Å². The van der Waals surface area contributed by atoms with Crippen molar-refractivity contribution in [3.05, 3.63) is 54.1 Å². The zero-order valence-electron chi connectivity index (χ0n) is 15.6. The number of imide groups is 1. The predicted octanol–water partition coefficient (Wildman–Crippen LogP) is 3.59. The maximum atomic E-state index is 12.8. The number of hydrogen-bond donors (Lipinski definition) is 0. The monoisotopic (exact) mass is 379 g/mol. The summed E-state index contributed by atoms with van der Waals surface area (Å²) in [5.41, 5.74) is 0.796. The van der Waals surface area contributed by atoms with Crippen LogP contribution >= 0.6 is 0 Å². The van der Waals surface area contributed by atoms with E-state index in [9.17, 15) is 14.4 Å². The largest absolute Gasteiger partial charge is 0.497 e. The summed E-state index contributed by atoms with van der Waals surface area (Å²) in [6.07, 6.45) is 3.48. The van der Waals surface area contributed by atoms with E-state index in [1.54, 1.807) is 48.5 Å². The molecule has 1 saturated heterocycles. The molecule has 0 N–H and O–H groups in total. The average Bonchev–Trinajstić information content (AvgIpc) is 2.99. The lowest BCUT2D eigenvalue weighted by atomic mass is 9.81. The highest BCUT2D eigenvalue weighted by Crippen LogP contribution is 2.40. The third-order valence-corrected chi connectivity index (χ3v) is 5.43. The van der Waals surface area contributed by atoms with Gasteiger partial charge in [0, 0.05) is 6.07 Å². The summed E-state index contributed by atoms with van der Waals surface area (Å²) in [7, 11) is 1.52. The maximum Gasteiger partial charge on any atom is 0.343 e. The maximum absolute atomic E-state index is 12.8. The third-order valence-electron chi connectivity index (χ3n) is 5.43. The van der Waals surface area contributed by atoms with E-state index in [0.717, 1.165) is 25.7 Å². The Labute approximate surface area is 163 Å². The number of fused-ring (bicyclic) bond motifs is 1. The minimum Gasteiger partial charge on any atom is -0.497 e. The van der Waals surface area contributed by atoms with E-state index >= 15 is 0 Å². The molecule has 6 nitrogen and oxygen atoms in total. The summed E-state index contributed by atoms with van der Waals surface area (Å²) < 4.78 is 10.6. The lowest BCUT2D eigenvalue weighted by Crippen LogP contribution is -2.30. The minimum atomic E-state index is -0.538. The van der Waals surface area contributed by atoms with Gasteiger partial charge in [0.05, 0.1) is 30.2 Å². The van der Waals surface area contributed by atoms with Crippen LogP contribution in [0.2, 0.25) is 0 Å². The van der Waals surface area contributed by atoms with Gasteiger partial charge in [-0.05, 0) is 43.2 Å². The Bertz CT molecular complexity index is 914. The van der Waals surface area contributed by atoms with Crippen molar-refractivity contribution < 1.29 is 23.9 Å². The first-order valence-electron chi connectivity index (χ1n) is 9.42. The second kappa shape index (κ2) is 7.46. The lowest BCUT2D eigenvalue weighted by molar-refractivity contribution is -0.122. The first-order chi connectivity index (χ1) is 13.6. The first-order valence-corrected chi connectivity index (χ1v) is 9.42. The van der Waals surface area contributed by atoms with Crippen molar-refractivity contribution in [1.82, 2.24) is 0 Å². The summed E-state index contributed by atoms with van der Waals surface area (Å²) in [4.78, 5) is 39.2. The number of ether oxygens (including phenoxy) is 2. The van der Waals surface area contributed by atoms with Crippen molar-refractivity contribution in [3.8, 4) is 11.5 Å². The van der Waals surface area contributed by atoms with Gasteiger partial charge in [-0.2, -0.15) is 0 Å². The molecule has 2 aromatic carbocycles. The molecule has 4 rings (SSSR count). The van der Waals surface area contributed by atoms with Crippen LogP contribution in [0.5, 0.6) is 11.5 Å². The standard InChI is InChI=1S/C22H21NO5/c1-27-16-8-4-6-14(12-16)22(26)28-17-9-5-7-15(13-17)23-20(24)18-10-2-3-11-19(18)21(23)25/h4-9,12-13,18-19H,2-3,10-11H2,1H3/t18-,19-/m0/s1. The molecule has 2 aromatic rings. The molecular weight excluding hydrogens is 358 g/mol. The number of rotatable bonds is 4. The van der Waals surface area contributed by atoms with Gasteiger partial charge in [-0.3, -0.25) is 9.59 Å². The average molecular weight is 379 g/mol. The fourth-order valence-electron chi connectivity index (χ4n) is 4.02.